The van der Waals surface area contributed by atoms with Gasteiger partial charge in [0.05, 0.1) is 0 Å². The van der Waals surface area contributed by atoms with Crippen molar-refractivity contribution in [3.63, 3.8) is 0 Å². The maximum atomic E-state index is 2.43. The Bertz CT molecular complexity index is 2830. The molecule has 0 saturated heterocycles. The quantitative estimate of drug-likeness (QED) is 0.163. The molecule has 3 heteroatoms. The van der Waals surface area contributed by atoms with Crippen LogP contribution in [-0.2, 0) is 0 Å². The van der Waals surface area contributed by atoms with E-state index >= 15 is 0 Å². The molecule has 0 bridgehead atoms. The molecule has 0 N–H and O–H groups in total. The van der Waals surface area contributed by atoms with Crippen LogP contribution in [0.25, 0.3) is 68.7 Å². The summed E-state index contributed by atoms with van der Waals surface area (Å²) in [6.45, 7) is 0. The molecule has 2 nitrogen and oxygen atoms in total. The van der Waals surface area contributed by atoms with Gasteiger partial charge in [-0.1, -0.05) is 18.2 Å². The van der Waals surface area contributed by atoms with Crippen molar-refractivity contribution in [1.29, 1.82) is 0 Å². The second-order valence-corrected chi connectivity index (χ2v) is 14.9. The molecule has 0 spiro atoms. The van der Waals surface area contributed by atoms with E-state index in [0.29, 0.717) is 0 Å². The van der Waals surface area contributed by atoms with Gasteiger partial charge in [-0.25, -0.2) is 0 Å². The number of para-hydroxylation sites is 2. The molecule has 0 unspecified atom stereocenters. The van der Waals surface area contributed by atoms with E-state index in [1.165, 1.54) is 68.7 Å². The van der Waals surface area contributed by atoms with E-state index in [9.17, 15) is 0 Å². The molecule has 10 rings (SSSR count). The van der Waals surface area contributed by atoms with Crippen LogP contribution in [0.4, 0.5) is 17.1 Å². The van der Waals surface area contributed by atoms with E-state index in [0.717, 1.165) is 17.1 Å². The van der Waals surface area contributed by atoms with Crippen molar-refractivity contribution >= 4 is 83.4 Å². The molecule has 0 radical (unpaired) electrons. The minimum absolute atomic E-state index is 0.275. The van der Waals surface area contributed by atoms with Crippen molar-refractivity contribution in [2.24, 2.45) is 0 Å². The van der Waals surface area contributed by atoms with Crippen LogP contribution < -0.4 is 4.90 Å². The first kappa shape index (κ1) is 28.2. The Kier molecular flexibility index (Phi) is 6.55. The molecule has 0 atom stereocenters. The summed E-state index contributed by atoms with van der Waals surface area (Å²) in [6.07, 6.45) is 0. The number of benzene rings is 8. The van der Waals surface area contributed by atoms with E-state index < -0.39 is 0 Å². The molecule has 0 aliphatic heterocycles. The van der Waals surface area contributed by atoms with E-state index in [-0.39, 0.29) is 14.5 Å². The van der Waals surface area contributed by atoms with Gasteiger partial charge in [0.2, 0.25) is 0 Å². The van der Waals surface area contributed by atoms with Gasteiger partial charge in [0.15, 0.2) is 0 Å². The molecular weight excluding hydrogens is 659 g/mol. The third kappa shape index (κ3) is 4.70. The number of hydrogen-bond donors (Lipinski definition) is 0. The zero-order chi connectivity index (χ0) is 32.3. The summed E-state index contributed by atoms with van der Waals surface area (Å²) in [6, 6.07) is 66.7. The molecule has 0 saturated carbocycles. The third-order valence-electron chi connectivity index (χ3n) is 9.76. The Morgan fingerprint density at radius 3 is 1.84 bits per heavy atom. The Labute approximate surface area is 290 Å². The molecule has 0 aliphatic rings. The summed E-state index contributed by atoms with van der Waals surface area (Å²) in [5.41, 5.74) is 9.45. The molecule has 0 amide bonds. The summed E-state index contributed by atoms with van der Waals surface area (Å²) >= 11 is 0.275. The summed E-state index contributed by atoms with van der Waals surface area (Å²) in [4.78, 5) is 2.43. The molecule has 10 aromatic rings. The van der Waals surface area contributed by atoms with E-state index in [4.69, 9.17) is 0 Å². The second-order valence-electron chi connectivity index (χ2n) is 12.6. The first-order chi connectivity index (χ1) is 24.3. The van der Waals surface area contributed by atoms with Crippen LogP contribution in [0.1, 0.15) is 0 Å². The average molecular weight is 690 g/mol. The van der Waals surface area contributed by atoms with Crippen molar-refractivity contribution in [2.45, 2.75) is 0 Å². The second kappa shape index (κ2) is 11.4. The van der Waals surface area contributed by atoms with Crippen molar-refractivity contribution in [3.05, 3.63) is 182 Å². The monoisotopic (exact) mass is 690 g/mol. The number of hydrogen-bond acceptors (Lipinski definition) is 1. The number of aromatic nitrogens is 1. The van der Waals surface area contributed by atoms with Crippen LogP contribution in [0, 0.1) is 0 Å². The molecule has 49 heavy (non-hydrogen) atoms. The SMILES string of the molecule is c1ccc(-n2c3ccccc3c3ccc(N(c4ccc(-c5ccc6ccccc6c5)cc4)c4ccc5c(c4)[se]c4ccccc45)cc32)cc1. The number of nitrogens with zero attached hydrogens (tertiary/aromatic N) is 2. The van der Waals surface area contributed by atoms with Crippen LogP contribution >= 0.6 is 0 Å². The number of fused-ring (bicyclic) bond motifs is 7. The van der Waals surface area contributed by atoms with Gasteiger partial charge in [-0.3, -0.25) is 0 Å². The molecule has 2 heterocycles. The van der Waals surface area contributed by atoms with Gasteiger partial charge in [-0.2, -0.15) is 0 Å². The van der Waals surface area contributed by atoms with Crippen LogP contribution in [-0.4, -0.2) is 19.1 Å². The normalized spacial score (nSPS) is 11.7. The predicted molar refractivity (Wildman–Crippen MR) is 210 cm³/mol. The average Bonchev–Trinajstić information content (AvgIpc) is 3.70. The van der Waals surface area contributed by atoms with Gasteiger partial charge in [-0.15, -0.1) is 0 Å². The van der Waals surface area contributed by atoms with Gasteiger partial charge in [0.1, 0.15) is 0 Å². The first-order valence-corrected chi connectivity index (χ1v) is 18.4. The minimum atomic E-state index is 0.275. The first-order valence-electron chi connectivity index (χ1n) is 16.7. The Morgan fingerprint density at radius 2 is 0.980 bits per heavy atom. The van der Waals surface area contributed by atoms with E-state index in [1.54, 1.807) is 0 Å². The summed E-state index contributed by atoms with van der Waals surface area (Å²) in [5.74, 6) is 0. The maximum absolute atomic E-state index is 2.43. The van der Waals surface area contributed by atoms with Crippen LogP contribution in [0.5, 0.6) is 0 Å². The molecule has 0 fully saturated rings. The Balaban J connectivity index is 1.17. The van der Waals surface area contributed by atoms with Crippen LogP contribution in [0.3, 0.4) is 0 Å². The van der Waals surface area contributed by atoms with Gasteiger partial charge in [-0.05, 0) is 0 Å². The number of rotatable bonds is 5. The predicted octanol–water partition coefficient (Wildman–Crippen LogP) is 12.4. The van der Waals surface area contributed by atoms with Crippen molar-refractivity contribution in [2.75, 3.05) is 4.90 Å². The van der Waals surface area contributed by atoms with Gasteiger partial charge >= 0.3 is 274 Å². The fourth-order valence-electron chi connectivity index (χ4n) is 7.43. The fourth-order valence-corrected chi connectivity index (χ4v) is 9.82. The summed E-state index contributed by atoms with van der Waals surface area (Å²) in [7, 11) is 0. The topological polar surface area (TPSA) is 8.17 Å². The van der Waals surface area contributed by atoms with Crippen LogP contribution in [0.15, 0.2) is 182 Å². The zero-order valence-corrected chi connectivity index (χ0v) is 28.3. The fraction of sp³-hybridized carbons (Fsp3) is 0. The van der Waals surface area contributed by atoms with Crippen molar-refractivity contribution in [3.8, 4) is 16.8 Å². The molecule has 0 aliphatic carbocycles. The van der Waals surface area contributed by atoms with Gasteiger partial charge in [0.25, 0.3) is 0 Å². The molecule has 230 valence electrons. The molecule has 2 aromatic heterocycles. The van der Waals surface area contributed by atoms with Crippen molar-refractivity contribution in [1.82, 2.24) is 4.57 Å². The van der Waals surface area contributed by atoms with Crippen molar-refractivity contribution < 1.29 is 0 Å². The van der Waals surface area contributed by atoms with Crippen LogP contribution in [0.2, 0.25) is 0 Å². The summed E-state index contributed by atoms with van der Waals surface area (Å²) in [5, 5.41) is 7.78. The summed E-state index contributed by atoms with van der Waals surface area (Å²) < 4.78 is 5.29. The van der Waals surface area contributed by atoms with E-state index in [1.807, 2.05) is 0 Å². The zero-order valence-electron chi connectivity index (χ0n) is 26.6. The van der Waals surface area contributed by atoms with E-state index in [2.05, 4.69) is 191 Å². The molecular formula is C46H30N2Se. The molecule has 8 aromatic carbocycles. The standard InChI is InChI=1S/C46H30N2Se/c1-2-12-35(13-3-1)48-43-16-8-6-14-39(43)40-26-24-37(29-44(40)48)47(38-25-27-42-41-15-7-9-17-45(41)49-46(42)30-38)36-22-20-32(21-23-36)34-19-18-31-10-4-5-11-33(31)28-34/h1-30H. The van der Waals surface area contributed by atoms with Gasteiger partial charge in [0, 0.05) is 0 Å². The Hall–Kier alpha value is -5.86. The Morgan fingerprint density at radius 1 is 0.367 bits per heavy atom. The number of anilines is 3. The van der Waals surface area contributed by atoms with Gasteiger partial charge < -0.3 is 0 Å². The third-order valence-corrected chi connectivity index (χ3v) is 12.1.